The number of piperidine rings is 1. The number of methoxy groups -OCH3 is 1. The van der Waals surface area contributed by atoms with Crippen molar-refractivity contribution in [3.63, 3.8) is 0 Å². The third-order valence-electron chi connectivity index (χ3n) is 8.68. The number of benzene rings is 1. The zero-order valence-electron chi connectivity index (χ0n) is 26.4. The van der Waals surface area contributed by atoms with E-state index in [4.69, 9.17) is 16.2 Å². The molecule has 3 amide bonds. The Morgan fingerprint density at radius 3 is 2.32 bits per heavy atom. The highest BCUT2D eigenvalue weighted by atomic mass is 32.2. The molecule has 2 aliphatic rings. The lowest BCUT2D eigenvalue weighted by Gasteiger charge is -2.38. The predicted octanol–water partition coefficient (Wildman–Crippen LogP) is 1.87. The molecule has 12 nitrogen and oxygen atoms in total. The molecule has 3 atom stereocenters. The first-order valence-corrected chi connectivity index (χ1v) is 17.6. The van der Waals surface area contributed by atoms with Crippen molar-refractivity contribution in [1.82, 2.24) is 14.1 Å². The lowest BCUT2D eigenvalue weighted by atomic mass is 9.95. The zero-order chi connectivity index (χ0) is 32.3. The van der Waals surface area contributed by atoms with E-state index in [9.17, 15) is 22.8 Å². The molecule has 2 heterocycles. The molecule has 13 heteroatoms. The molecule has 2 aliphatic heterocycles. The van der Waals surface area contributed by atoms with Crippen molar-refractivity contribution >= 4 is 33.7 Å². The van der Waals surface area contributed by atoms with Gasteiger partial charge in [-0.15, -0.1) is 0 Å². The molecule has 0 aliphatic carbocycles. The highest BCUT2D eigenvalue weighted by Crippen LogP contribution is 2.26. The van der Waals surface area contributed by atoms with E-state index in [1.165, 1.54) is 16.3 Å². The molecule has 0 aromatic heterocycles. The summed E-state index contributed by atoms with van der Waals surface area (Å²) in [6, 6.07) is 7.50. The van der Waals surface area contributed by atoms with Crippen molar-refractivity contribution in [1.29, 1.82) is 0 Å². The normalized spacial score (nSPS) is 19.7. The average molecular weight is 635 g/mol. The number of likely N-dealkylation sites (tertiary alicyclic amines) is 2. The Kier molecular flexibility index (Phi) is 13.6. The molecule has 3 rings (SSSR count). The number of sulfonamides is 1. The van der Waals surface area contributed by atoms with E-state index in [0.717, 1.165) is 37.5 Å². The van der Waals surface area contributed by atoms with Gasteiger partial charge in [0.15, 0.2) is 5.96 Å². The van der Waals surface area contributed by atoms with Crippen LogP contribution in [0, 0.1) is 5.92 Å². The molecule has 246 valence electrons. The van der Waals surface area contributed by atoms with Crippen LogP contribution >= 0.6 is 0 Å². The first-order valence-electron chi connectivity index (χ1n) is 15.7. The van der Waals surface area contributed by atoms with E-state index in [1.807, 2.05) is 35.2 Å². The van der Waals surface area contributed by atoms with Crippen molar-refractivity contribution in [2.24, 2.45) is 22.4 Å². The van der Waals surface area contributed by atoms with Crippen molar-refractivity contribution in [2.75, 3.05) is 39.5 Å². The number of nitrogens with zero attached hydrogens (tertiary/aromatic N) is 4. The molecule has 44 heavy (non-hydrogen) atoms. The molecule has 0 radical (unpaired) electrons. The van der Waals surface area contributed by atoms with Gasteiger partial charge in [0.25, 0.3) is 5.91 Å². The fourth-order valence-electron chi connectivity index (χ4n) is 6.11. The minimum atomic E-state index is -3.82. The summed E-state index contributed by atoms with van der Waals surface area (Å²) in [6.45, 7) is 3.61. The minimum absolute atomic E-state index is 0.0497. The van der Waals surface area contributed by atoms with Crippen molar-refractivity contribution < 1.29 is 27.5 Å². The van der Waals surface area contributed by atoms with Crippen LogP contribution in [-0.4, -0.2) is 104 Å². The second kappa shape index (κ2) is 16.9. The molecule has 4 N–H and O–H groups in total. The Bertz CT molecular complexity index is 1240. The largest absolute Gasteiger partial charge is 0.372 e. The van der Waals surface area contributed by atoms with Gasteiger partial charge < -0.3 is 26.0 Å². The van der Waals surface area contributed by atoms with Gasteiger partial charge in [-0.25, -0.2) is 8.42 Å². The molecule has 0 bridgehead atoms. The van der Waals surface area contributed by atoms with E-state index in [-0.39, 0.29) is 24.8 Å². The Labute approximate surface area is 262 Å². The Balaban J connectivity index is 1.72. The highest BCUT2D eigenvalue weighted by Gasteiger charge is 2.41. The van der Waals surface area contributed by atoms with Crippen LogP contribution < -0.4 is 11.5 Å². The summed E-state index contributed by atoms with van der Waals surface area (Å²) in [6.07, 6.45) is 7.67. The molecule has 0 saturated carbocycles. The van der Waals surface area contributed by atoms with Gasteiger partial charge in [-0.1, -0.05) is 62.9 Å². The zero-order valence-corrected chi connectivity index (χ0v) is 27.2. The summed E-state index contributed by atoms with van der Waals surface area (Å²) in [5.41, 5.74) is 12.6. The van der Waals surface area contributed by atoms with Gasteiger partial charge in [0, 0.05) is 33.3 Å². The minimum Gasteiger partial charge on any atom is -0.372 e. The van der Waals surface area contributed by atoms with Crippen LogP contribution in [0.15, 0.2) is 35.3 Å². The molecule has 0 spiro atoms. The molecule has 2 saturated heterocycles. The Hall–Kier alpha value is -3.03. The second-order valence-electron chi connectivity index (χ2n) is 11.9. The number of amides is 3. The van der Waals surface area contributed by atoms with Crippen LogP contribution in [0.1, 0.15) is 70.3 Å². The summed E-state index contributed by atoms with van der Waals surface area (Å²) < 4.78 is 33.1. The third-order valence-corrected chi connectivity index (χ3v) is 9.93. The van der Waals surface area contributed by atoms with Crippen molar-refractivity contribution in [2.45, 2.75) is 89.3 Å². The summed E-state index contributed by atoms with van der Waals surface area (Å²) in [7, 11) is -2.32. The lowest BCUT2D eigenvalue weighted by molar-refractivity contribution is -0.140. The van der Waals surface area contributed by atoms with Gasteiger partial charge in [0.05, 0.1) is 6.26 Å². The molecular weight excluding hydrogens is 584 g/mol. The van der Waals surface area contributed by atoms with E-state index >= 15 is 0 Å². The summed E-state index contributed by atoms with van der Waals surface area (Å²) in [4.78, 5) is 46.2. The average Bonchev–Trinajstić information content (AvgIpc) is 3.49. The second-order valence-corrected chi connectivity index (χ2v) is 13.9. The maximum absolute atomic E-state index is 13.9. The molecule has 1 aromatic rings. The third kappa shape index (κ3) is 10.00. The topological polar surface area (TPSA) is 169 Å². The number of unbranched alkanes of at least 4 members (excludes halogenated alkanes) is 3. The summed E-state index contributed by atoms with van der Waals surface area (Å²) in [5, 5.41) is 0. The van der Waals surface area contributed by atoms with Gasteiger partial charge >= 0.3 is 0 Å². The number of guanidine groups is 1. The monoisotopic (exact) mass is 634 g/mol. The van der Waals surface area contributed by atoms with Crippen LogP contribution in [0.3, 0.4) is 0 Å². The number of rotatable bonds is 15. The lowest BCUT2D eigenvalue weighted by Crippen LogP contribution is -2.56. The van der Waals surface area contributed by atoms with Gasteiger partial charge in [0.2, 0.25) is 21.8 Å². The summed E-state index contributed by atoms with van der Waals surface area (Å²) >= 11 is 0. The van der Waals surface area contributed by atoms with E-state index in [0.29, 0.717) is 51.7 Å². The predicted molar refractivity (Wildman–Crippen MR) is 170 cm³/mol. The van der Waals surface area contributed by atoms with E-state index in [1.54, 1.807) is 0 Å². The van der Waals surface area contributed by atoms with Crippen molar-refractivity contribution in [3.05, 3.63) is 35.9 Å². The van der Waals surface area contributed by atoms with Crippen LogP contribution in [0.2, 0.25) is 0 Å². The Morgan fingerprint density at radius 1 is 1.05 bits per heavy atom. The number of nitrogens with two attached hydrogens (primary N) is 2. The standard InChI is InChI=1S/C31H50N6O6S/c1-4-5-6-10-15-27(43-2)29(39)34-31(33)35-19-16-24(17-20-35)22-37(44(3,41)42)26(21-23-12-8-7-9-13-23)30(40)36-18-11-14-25(36)28(32)38/h7-9,12-13,24-27H,4-6,10-11,14-22H2,1-3H3,(H2,32,38)(H2,33,34,39)/t25-,26+,27?/m0/s1. The number of primary amides is 1. The molecular formula is C31H50N6O6S. The number of ether oxygens (including phenoxy) is 1. The molecule has 1 aromatic carbocycles. The highest BCUT2D eigenvalue weighted by molar-refractivity contribution is 7.88. The fourth-order valence-corrected chi connectivity index (χ4v) is 7.22. The maximum Gasteiger partial charge on any atom is 0.277 e. The van der Waals surface area contributed by atoms with Gasteiger partial charge in [-0.3, -0.25) is 14.4 Å². The van der Waals surface area contributed by atoms with Gasteiger partial charge in [-0.2, -0.15) is 9.30 Å². The number of hydrogen-bond acceptors (Lipinski definition) is 6. The van der Waals surface area contributed by atoms with Crippen LogP contribution in [0.4, 0.5) is 0 Å². The van der Waals surface area contributed by atoms with Gasteiger partial charge in [-0.05, 0) is 50.0 Å². The quantitative estimate of drug-likeness (QED) is 0.167. The molecule has 2 fully saturated rings. The SMILES string of the molecule is CCCCCCC(OC)C(=O)N=C(N)N1CCC(CN([C@H](Cc2ccccc2)C(=O)N2CCC[C@H]2C(N)=O)S(C)(=O)=O)CC1. The van der Waals surface area contributed by atoms with Crippen LogP contribution in [-0.2, 0) is 35.6 Å². The van der Waals surface area contributed by atoms with Crippen molar-refractivity contribution in [3.8, 4) is 0 Å². The number of carbonyl (C=O) groups is 3. The first kappa shape index (κ1) is 35.4. The first-order chi connectivity index (χ1) is 21.0. The van der Waals surface area contributed by atoms with Crippen LogP contribution in [0.25, 0.3) is 0 Å². The Morgan fingerprint density at radius 2 is 1.73 bits per heavy atom. The van der Waals surface area contributed by atoms with E-state index in [2.05, 4.69) is 11.9 Å². The number of hydrogen-bond donors (Lipinski definition) is 2. The molecule has 1 unspecified atom stereocenters. The maximum atomic E-state index is 13.9. The van der Waals surface area contributed by atoms with E-state index < -0.39 is 45.9 Å². The number of aliphatic imine (C=N–C) groups is 1. The van der Waals surface area contributed by atoms with Gasteiger partial charge in [0.1, 0.15) is 18.2 Å². The number of carbonyl (C=O) groups excluding carboxylic acids is 3. The smallest absolute Gasteiger partial charge is 0.277 e. The van der Waals surface area contributed by atoms with Crippen LogP contribution in [0.5, 0.6) is 0 Å². The summed E-state index contributed by atoms with van der Waals surface area (Å²) in [5.74, 6) is -1.31. The fraction of sp³-hybridized carbons (Fsp3) is 0.677.